The molecule has 0 fully saturated rings. The van der Waals surface area contributed by atoms with Crippen LogP contribution in [0, 0.1) is 0 Å². The third kappa shape index (κ3) is 48.1. The summed E-state index contributed by atoms with van der Waals surface area (Å²) in [5.41, 5.74) is 0. The van der Waals surface area contributed by atoms with Gasteiger partial charge in [-0.2, -0.15) is 0 Å². The van der Waals surface area contributed by atoms with Crippen molar-refractivity contribution in [3.8, 4) is 0 Å². The minimum atomic E-state index is -0.781. The zero-order chi connectivity index (χ0) is 45.1. The van der Waals surface area contributed by atoms with Crippen molar-refractivity contribution in [2.45, 2.75) is 264 Å². The van der Waals surface area contributed by atoms with Gasteiger partial charge in [-0.05, 0) is 70.6 Å². The molecular weight excluding hydrogens is 769 g/mol. The minimum Gasteiger partial charge on any atom is -0.462 e. The second-order valence-corrected chi connectivity index (χ2v) is 17.5. The van der Waals surface area contributed by atoms with Gasteiger partial charge in [0.15, 0.2) is 6.10 Å². The quantitative estimate of drug-likeness (QED) is 0.0199. The number of carbonyl (C=O) groups excluding carboxylic acids is 3. The molecule has 0 aromatic heterocycles. The first-order valence-corrected chi connectivity index (χ1v) is 26.3. The van der Waals surface area contributed by atoms with Gasteiger partial charge in [-0.1, -0.05) is 229 Å². The van der Waals surface area contributed by atoms with E-state index in [9.17, 15) is 14.4 Å². The summed E-state index contributed by atoms with van der Waals surface area (Å²) < 4.78 is 16.8. The molecule has 0 N–H and O–H groups in total. The lowest BCUT2D eigenvalue weighted by Crippen LogP contribution is -2.30. The average molecular weight is 867 g/mol. The second kappa shape index (κ2) is 50.8. The first-order chi connectivity index (χ1) is 30.5. The van der Waals surface area contributed by atoms with E-state index in [1.807, 2.05) is 0 Å². The van der Waals surface area contributed by atoms with Crippen LogP contribution in [-0.2, 0) is 28.6 Å². The molecule has 0 amide bonds. The Morgan fingerprint density at radius 1 is 0.355 bits per heavy atom. The van der Waals surface area contributed by atoms with Gasteiger partial charge in [-0.15, -0.1) is 0 Å². The molecule has 0 heterocycles. The molecule has 0 radical (unpaired) electrons. The summed E-state index contributed by atoms with van der Waals surface area (Å²) in [4.78, 5) is 38.0. The molecule has 0 saturated heterocycles. The fraction of sp³-hybridized carbons (Fsp3) is 0.768. The van der Waals surface area contributed by atoms with Gasteiger partial charge in [0, 0.05) is 19.3 Å². The molecule has 6 nitrogen and oxygen atoms in total. The van der Waals surface area contributed by atoms with E-state index in [1.165, 1.54) is 135 Å². The zero-order valence-electron chi connectivity index (χ0n) is 40.9. The number of esters is 3. The number of hydrogen-bond donors (Lipinski definition) is 0. The van der Waals surface area contributed by atoms with Crippen LogP contribution in [0.25, 0.3) is 0 Å². The summed E-state index contributed by atoms with van der Waals surface area (Å²) in [5, 5.41) is 0. The van der Waals surface area contributed by atoms with E-state index in [-0.39, 0.29) is 31.1 Å². The summed E-state index contributed by atoms with van der Waals surface area (Å²) in [5.74, 6) is -0.894. The Bertz CT molecular complexity index is 1130. The molecule has 1 atom stereocenters. The molecule has 62 heavy (non-hydrogen) atoms. The van der Waals surface area contributed by atoms with Crippen molar-refractivity contribution in [1.82, 2.24) is 0 Å². The minimum absolute atomic E-state index is 0.0799. The van der Waals surface area contributed by atoms with Gasteiger partial charge < -0.3 is 14.2 Å². The van der Waals surface area contributed by atoms with Gasteiger partial charge in [0.2, 0.25) is 0 Å². The van der Waals surface area contributed by atoms with Gasteiger partial charge >= 0.3 is 17.9 Å². The van der Waals surface area contributed by atoms with Crippen LogP contribution in [-0.4, -0.2) is 37.2 Å². The van der Waals surface area contributed by atoms with Gasteiger partial charge in [0.1, 0.15) is 13.2 Å². The van der Waals surface area contributed by atoms with E-state index < -0.39 is 6.10 Å². The van der Waals surface area contributed by atoms with Crippen molar-refractivity contribution in [2.75, 3.05) is 13.2 Å². The molecule has 0 bridgehead atoms. The van der Waals surface area contributed by atoms with E-state index in [1.54, 1.807) is 0 Å². The lowest BCUT2D eigenvalue weighted by Gasteiger charge is -2.18. The molecule has 0 aromatic carbocycles. The highest BCUT2D eigenvalue weighted by molar-refractivity contribution is 5.71. The fourth-order valence-corrected chi connectivity index (χ4v) is 7.35. The van der Waals surface area contributed by atoms with E-state index in [0.29, 0.717) is 19.3 Å². The highest BCUT2D eigenvalue weighted by Crippen LogP contribution is 2.15. The molecule has 0 aliphatic carbocycles. The van der Waals surface area contributed by atoms with Gasteiger partial charge in [-0.3, -0.25) is 14.4 Å². The van der Waals surface area contributed by atoms with Gasteiger partial charge in [0.05, 0.1) is 0 Å². The smallest absolute Gasteiger partial charge is 0.306 e. The molecule has 0 aliphatic rings. The van der Waals surface area contributed by atoms with Crippen molar-refractivity contribution in [2.24, 2.45) is 0 Å². The monoisotopic (exact) mass is 867 g/mol. The maximum Gasteiger partial charge on any atom is 0.306 e. The largest absolute Gasteiger partial charge is 0.462 e. The highest BCUT2D eigenvalue weighted by Gasteiger charge is 2.19. The van der Waals surface area contributed by atoms with Crippen LogP contribution in [0.3, 0.4) is 0 Å². The van der Waals surface area contributed by atoms with Crippen molar-refractivity contribution in [3.05, 3.63) is 60.8 Å². The Kier molecular flexibility index (Phi) is 48.4. The summed E-state index contributed by atoms with van der Waals surface area (Å²) in [6.45, 7) is 6.48. The van der Waals surface area contributed by atoms with Crippen LogP contribution in [0.1, 0.15) is 258 Å². The maximum atomic E-state index is 12.8. The van der Waals surface area contributed by atoms with Crippen molar-refractivity contribution in [1.29, 1.82) is 0 Å². The van der Waals surface area contributed by atoms with Gasteiger partial charge in [0.25, 0.3) is 0 Å². The van der Waals surface area contributed by atoms with Crippen molar-refractivity contribution in [3.63, 3.8) is 0 Å². The number of unbranched alkanes of at least 4 members (excludes halogenated alkanes) is 28. The highest BCUT2D eigenvalue weighted by atomic mass is 16.6. The molecule has 0 saturated carbocycles. The number of carbonyl (C=O) groups is 3. The van der Waals surface area contributed by atoms with E-state index in [4.69, 9.17) is 14.2 Å². The number of rotatable bonds is 47. The molecule has 0 spiro atoms. The Labute approximate surface area is 383 Å². The van der Waals surface area contributed by atoms with E-state index in [2.05, 4.69) is 81.5 Å². The number of hydrogen-bond acceptors (Lipinski definition) is 6. The molecule has 0 rings (SSSR count). The number of allylic oxidation sites excluding steroid dienone is 10. The zero-order valence-corrected chi connectivity index (χ0v) is 40.9. The van der Waals surface area contributed by atoms with Crippen molar-refractivity contribution < 1.29 is 28.6 Å². The normalized spacial score (nSPS) is 12.5. The lowest BCUT2D eigenvalue weighted by atomic mass is 10.0. The Balaban J connectivity index is 4.38. The Hall–Kier alpha value is -2.89. The fourth-order valence-electron chi connectivity index (χ4n) is 7.35. The topological polar surface area (TPSA) is 78.9 Å². The number of ether oxygens (including phenoxy) is 3. The average Bonchev–Trinajstić information content (AvgIpc) is 3.27. The lowest BCUT2D eigenvalue weighted by molar-refractivity contribution is -0.167. The summed E-state index contributed by atoms with van der Waals surface area (Å²) in [6, 6.07) is 0. The standard InChI is InChI=1S/C56H98O6/c1-4-7-10-13-16-19-22-25-27-28-30-31-34-37-40-43-46-49-55(58)61-52-53(51-60-54(57)48-45-42-39-36-33-24-21-18-15-12-9-6-3)62-56(59)50-47-44-41-38-35-32-29-26-23-20-17-14-11-8-5-2/h8,11,14,16-17,19-20,23,25,27,53H,4-7,9-10,12-13,15,18,21-22,24,26,28-52H2,1-3H3/b11-8-,17-14-,19-16-,23-20-,27-25-. The molecule has 6 heteroatoms. The summed E-state index contributed by atoms with van der Waals surface area (Å²) in [6.07, 6.45) is 62.0. The molecule has 358 valence electrons. The maximum absolute atomic E-state index is 12.8. The molecule has 1 unspecified atom stereocenters. The molecule has 0 aliphatic heterocycles. The Morgan fingerprint density at radius 3 is 1.13 bits per heavy atom. The van der Waals surface area contributed by atoms with Crippen LogP contribution in [0.2, 0.25) is 0 Å². The first kappa shape index (κ1) is 59.1. The van der Waals surface area contributed by atoms with E-state index >= 15 is 0 Å². The van der Waals surface area contributed by atoms with Gasteiger partial charge in [-0.25, -0.2) is 0 Å². The van der Waals surface area contributed by atoms with Crippen LogP contribution in [0.15, 0.2) is 60.8 Å². The van der Waals surface area contributed by atoms with Crippen molar-refractivity contribution >= 4 is 17.9 Å². The van der Waals surface area contributed by atoms with Crippen LogP contribution in [0.5, 0.6) is 0 Å². The van der Waals surface area contributed by atoms with Crippen LogP contribution < -0.4 is 0 Å². The van der Waals surface area contributed by atoms with Crippen LogP contribution >= 0.6 is 0 Å². The van der Waals surface area contributed by atoms with E-state index in [0.717, 1.165) is 83.5 Å². The summed E-state index contributed by atoms with van der Waals surface area (Å²) in [7, 11) is 0. The third-order valence-electron chi connectivity index (χ3n) is 11.3. The second-order valence-electron chi connectivity index (χ2n) is 17.5. The predicted molar refractivity (Wildman–Crippen MR) is 265 cm³/mol. The summed E-state index contributed by atoms with van der Waals surface area (Å²) >= 11 is 0. The Morgan fingerprint density at radius 2 is 0.694 bits per heavy atom. The molecule has 0 aromatic rings. The first-order valence-electron chi connectivity index (χ1n) is 26.3. The third-order valence-corrected chi connectivity index (χ3v) is 11.3. The van der Waals surface area contributed by atoms with Crippen LogP contribution in [0.4, 0.5) is 0 Å². The molecular formula is C56H98O6. The predicted octanol–water partition coefficient (Wildman–Crippen LogP) is 17.3. The SMILES string of the molecule is CC\C=C/C=C\C=C/CCCCCCCCCC(=O)OC(COC(=O)CCCCCCCCC/C=C\C/C=C\CCCCC)COC(=O)CCCCCCCCCCCCCC.